The van der Waals surface area contributed by atoms with Gasteiger partial charge in [0.2, 0.25) is 17.6 Å². The van der Waals surface area contributed by atoms with Gasteiger partial charge in [-0.25, -0.2) is 0 Å². The number of nitrogens with zero attached hydrogens (tertiary/aromatic N) is 2. The van der Waals surface area contributed by atoms with Gasteiger partial charge in [-0.1, -0.05) is 17.3 Å². The van der Waals surface area contributed by atoms with E-state index in [4.69, 9.17) is 9.26 Å². The van der Waals surface area contributed by atoms with Crippen LogP contribution in [-0.2, 0) is 11.2 Å². The van der Waals surface area contributed by atoms with E-state index in [1.54, 1.807) is 18.4 Å². The third-order valence-corrected chi connectivity index (χ3v) is 4.27. The van der Waals surface area contributed by atoms with Crippen molar-refractivity contribution in [1.29, 1.82) is 0 Å². The predicted molar refractivity (Wildman–Crippen MR) is 92.3 cm³/mol. The van der Waals surface area contributed by atoms with E-state index in [2.05, 4.69) is 15.5 Å². The molecule has 0 atom stereocenters. The van der Waals surface area contributed by atoms with Gasteiger partial charge in [-0.3, -0.25) is 4.79 Å². The number of methoxy groups -OCH3 is 1. The summed E-state index contributed by atoms with van der Waals surface area (Å²) < 4.78 is 10.4. The molecule has 3 aromatic rings. The van der Waals surface area contributed by atoms with Crippen LogP contribution in [0.25, 0.3) is 10.7 Å². The zero-order valence-corrected chi connectivity index (χ0v) is 14.2. The number of rotatable bonds is 6. The van der Waals surface area contributed by atoms with Gasteiger partial charge in [0.15, 0.2) is 0 Å². The number of thiophene rings is 1. The second kappa shape index (κ2) is 7.27. The van der Waals surface area contributed by atoms with E-state index in [9.17, 15) is 4.79 Å². The van der Waals surface area contributed by atoms with Crippen molar-refractivity contribution < 1.29 is 14.1 Å². The molecule has 24 heavy (non-hydrogen) atoms. The van der Waals surface area contributed by atoms with Crippen LogP contribution in [0.15, 0.2) is 40.2 Å². The number of anilines is 1. The van der Waals surface area contributed by atoms with E-state index in [1.165, 1.54) is 0 Å². The highest BCUT2D eigenvalue weighted by Gasteiger charge is 2.12. The maximum absolute atomic E-state index is 12.1. The fraction of sp³-hybridized carbons (Fsp3) is 0.235. The monoisotopic (exact) mass is 343 g/mol. The van der Waals surface area contributed by atoms with Gasteiger partial charge in [-0.2, -0.15) is 4.98 Å². The molecule has 6 nitrogen and oxygen atoms in total. The van der Waals surface area contributed by atoms with Crippen molar-refractivity contribution in [2.75, 3.05) is 12.4 Å². The Kier molecular flexibility index (Phi) is 4.90. The Balaban J connectivity index is 1.59. The Morgan fingerprint density at radius 1 is 1.38 bits per heavy atom. The van der Waals surface area contributed by atoms with Gasteiger partial charge in [0.1, 0.15) is 5.75 Å². The maximum atomic E-state index is 12.1. The average molecular weight is 343 g/mol. The van der Waals surface area contributed by atoms with Crippen LogP contribution >= 0.6 is 11.3 Å². The first-order valence-corrected chi connectivity index (χ1v) is 8.34. The van der Waals surface area contributed by atoms with Crippen LogP contribution in [0.5, 0.6) is 5.75 Å². The standard InChI is InChI=1S/C17H17N3O3S/c1-11-5-6-13(22-2)12(10-11)18-15(21)7-8-16-19-17(20-23-16)14-4-3-9-24-14/h3-6,9-10H,7-8H2,1-2H3,(H,18,21). The van der Waals surface area contributed by atoms with Crippen molar-refractivity contribution in [3.63, 3.8) is 0 Å². The first kappa shape index (κ1) is 16.2. The average Bonchev–Trinajstić information content (AvgIpc) is 3.24. The summed E-state index contributed by atoms with van der Waals surface area (Å²) in [4.78, 5) is 17.4. The van der Waals surface area contributed by atoms with Crippen LogP contribution in [0.1, 0.15) is 17.9 Å². The molecule has 0 saturated carbocycles. The number of amides is 1. The van der Waals surface area contributed by atoms with Crippen LogP contribution < -0.4 is 10.1 Å². The molecule has 1 N–H and O–H groups in total. The van der Waals surface area contributed by atoms with Crippen LogP contribution in [0.3, 0.4) is 0 Å². The lowest BCUT2D eigenvalue weighted by Gasteiger charge is -2.10. The van der Waals surface area contributed by atoms with Gasteiger partial charge in [-0.05, 0) is 36.1 Å². The molecule has 2 aromatic heterocycles. The minimum Gasteiger partial charge on any atom is -0.495 e. The van der Waals surface area contributed by atoms with Crippen molar-refractivity contribution in [3.8, 4) is 16.5 Å². The second-order valence-corrected chi connectivity index (χ2v) is 6.19. The highest BCUT2D eigenvalue weighted by atomic mass is 32.1. The molecule has 0 aliphatic rings. The van der Waals surface area contributed by atoms with Crippen molar-refractivity contribution in [2.45, 2.75) is 19.8 Å². The van der Waals surface area contributed by atoms with Gasteiger partial charge in [0.05, 0.1) is 17.7 Å². The largest absolute Gasteiger partial charge is 0.495 e. The molecule has 3 rings (SSSR count). The number of aryl methyl sites for hydroxylation is 2. The lowest BCUT2D eigenvalue weighted by molar-refractivity contribution is -0.116. The summed E-state index contributed by atoms with van der Waals surface area (Å²) in [6, 6.07) is 9.49. The second-order valence-electron chi connectivity index (χ2n) is 5.24. The van der Waals surface area contributed by atoms with E-state index in [0.29, 0.717) is 29.6 Å². The van der Waals surface area contributed by atoms with E-state index in [1.807, 2.05) is 42.6 Å². The van der Waals surface area contributed by atoms with Gasteiger partial charge in [-0.15, -0.1) is 11.3 Å². The highest BCUT2D eigenvalue weighted by Crippen LogP contribution is 2.25. The summed E-state index contributed by atoms with van der Waals surface area (Å²) in [5.41, 5.74) is 1.70. The SMILES string of the molecule is COc1ccc(C)cc1NC(=O)CCc1nc(-c2cccs2)no1. The van der Waals surface area contributed by atoms with Gasteiger partial charge in [0, 0.05) is 12.8 Å². The van der Waals surface area contributed by atoms with E-state index >= 15 is 0 Å². The molecule has 0 radical (unpaired) electrons. The van der Waals surface area contributed by atoms with Crippen LogP contribution in [0.4, 0.5) is 5.69 Å². The number of carbonyl (C=O) groups is 1. The third kappa shape index (κ3) is 3.80. The van der Waals surface area contributed by atoms with Crippen LogP contribution in [-0.4, -0.2) is 23.2 Å². The molecule has 0 aliphatic carbocycles. The van der Waals surface area contributed by atoms with Crippen LogP contribution in [0.2, 0.25) is 0 Å². The summed E-state index contributed by atoms with van der Waals surface area (Å²) in [5.74, 6) is 1.51. The number of hydrogen-bond donors (Lipinski definition) is 1. The number of aromatic nitrogens is 2. The summed E-state index contributed by atoms with van der Waals surface area (Å²) in [7, 11) is 1.57. The van der Waals surface area contributed by atoms with Crippen molar-refractivity contribution in [1.82, 2.24) is 10.1 Å². The number of ether oxygens (including phenoxy) is 1. The summed E-state index contributed by atoms with van der Waals surface area (Å²) in [6.45, 7) is 1.96. The molecular weight excluding hydrogens is 326 g/mol. The fourth-order valence-corrected chi connectivity index (χ4v) is 2.86. The topological polar surface area (TPSA) is 77.2 Å². The molecule has 1 aromatic carbocycles. The van der Waals surface area contributed by atoms with Crippen molar-refractivity contribution in [3.05, 3.63) is 47.2 Å². The molecule has 0 fully saturated rings. The Bertz CT molecular complexity index is 827. The smallest absolute Gasteiger partial charge is 0.227 e. The number of nitrogens with one attached hydrogen (secondary N) is 1. The molecule has 0 aliphatic heterocycles. The first-order chi connectivity index (χ1) is 11.7. The predicted octanol–water partition coefficient (Wildman–Crippen LogP) is 3.69. The third-order valence-electron chi connectivity index (χ3n) is 3.40. The summed E-state index contributed by atoms with van der Waals surface area (Å²) in [6.07, 6.45) is 0.640. The Morgan fingerprint density at radius 3 is 3.00 bits per heavy atom. The molecular formula is C17H17N3O3S. The van der Waals surface area contributed by atoms with E-state index in [0.717, 1.165) is 10.4 Å². The lowest BCUT2D eigenvalue weighted by Crippen LogP contribution is -2.13. The van der Waals surface area contributed by atoms with Gasteiger partial charge < -0.3 is 14.6 Å². The molecule has 2 heterocycles. The van der Waals surface area contributed by atoms with E-state index in [-0.39, 0.29) is 12.3 Å². The summed E-state index contributed by atoms with van der Waals surface area (Å²) in [5, 5.41) is 8.74. The summed E-state index contributed by atoms with van der Waals surface area (Å²) >= 11 is 1.54. The van der Waals surface area contributed by atoms with Crippen molar-refractivity contribution >= 4 is 22.9 Å². The molecule has 7 heteroatoms. The van der Waals surface area contributed by atoms with Crippen LogP contribution in [0, 0.1) is 6.92 Å². The minimum absolute atomic E-state index is 0.130. The number of hydrogen-bond acceptors (Lipinski definition) is 6. The Labute approximate surface area is 143 Å². The molecule has 124 valence electrons. The minimum atomic E-state index is -0.130. The van der Waals surface area contributed by atoms with E-state index < -0.39 is 0 Å². The van der Waals surface area contributed by atoms with Gasteiger partial charge in [0.25, 0.3) is 0 Å². The molecule has 0 bridgehead atoms. The fourth-order valence-electron chi connectivity index (χ4n) is 2.21. The zero-order valence-electron chi connectivity index (χ0n) is 13.4. The first-order valence-electron chi connectivity index (χ1n) is 7.46. The molecule has 0 saturated heterocycles. The molecule has 0 spiro atoms. The molecule has 0 unspecified atom stereocenters. The van der Waals surface area contributed by atoms with Gasteiger partial charge >= 0.3 is 0 Å². The Hall–Kier alpha value is -2.67. The van der Waals surface area contributed by atoms with Crippen molar-refractivity contribution in [2.24, 2.45) is 0 Å². The number of carbonyl (C=O) groups excluding carboxylic acids is 1. The Morgan fingerprint density at radius 2 is 2.25 bits per heavy atom. The highest BCUT2D eigenvalue weighted by molar-refractivity contribution is 7.13. The number of benzene rings is 1. The zero-order chi connectivity index (χ0) is 16.9. The quantitative estimate of drug-likeness (QED) is 0.738. The molecule has 1 amide bonds. The normalized spacial score (nSPS) is 10.6. The maximum Gasteiger partial charge on any atom is 0.227 e. The lowest BCUT2D eigenvalue weighted by atomic mass is 10.2.